The van der Waals surface area contributed by atoms with Crippen LogP contribution < -0.4 is 4.74 Å². The van der Waals surface area contributed by atoms with Crippen molar-refractivity contribution in [3.63, 3.8) is 0 Å². The number of hydrogen-bond acceptors (Lipinski definition) is 3. The summed E-state index contributed by atoms with van der Waals surface area (Å²) in [7, 11) is 0. The average molecular weight is 275 g/mol. The number of aryl methyl sites for hydroxylation is 1. The summed E-state index contributed by atoms with van der Waals surface area (Å²) in [5.74, 6) is -0.174. The SMILES string of the molecule is CCc1ccccc1OCc1cccc([N+](=O)[O-])c1F. The molecule has 0 unspecified atom stereocenters. The molecule has 0 bridgehead atoms. The van der Waals surface area contributed by atoms with Crippen molar-refractivity contribution in [3.8, 4) is 5.75 Å². The monoisotopic (exact) mass is 275 g/mol. The molecular formula is C15H14FNO3. The molecule has 0 radical (unpaired) electrons. The third kappa shape index (κ3) is 2.93. The van der Waals surface area contributed by atoms with Crippen LogP contribution in [-0.2, 0) is 13.0 Å². The number of para-hydroxylation sites is 1. The maximum atomic E-state index is 13.9. The lowest BCUT2D eigenvalue weighted by molar-refractivity contribution is -0.387. The first-order chi connectivity index (χ1) is 9.63. The van der Waals surface area contributed by atoms with Gasteiger partial charge in [0.05, 0.1) is 4.92 Å². The summed E-state index contributed by atoms with van der Waals surface area (Å²) in [6, 6.07) is 11.5. The smallest absolute Gasteiger partial charge is 0.305 e. The second-order valence-electron chi connectivity index (χ2n) is 4.26. The van der Waals surface area contributed by atoms with Gasteiger partial charge in [-0.1, -0.05) is 37.3 Å². The Labute approximate surface area is 116 Å². The van der Waals surface area contributed by atoms with Crippen molar-refractivity contribution in [3.05, 3.63) is 69.5 Å². The molecule has 0 aliphatic carbocycles. The standard InChI is InChI=1S/C15H14FNO3/c1-2-11-6-3-4-9-14(11)20-10-12-7-5-8-13(15(12)16)17(18)19/h3-9H,2,10H2,1H3. The summed E-state index contributed by atoms with van der Waals surface area (Å²) >= 11 is 0. The van der Waals surface area contributed by atoms with E-state index in [1.807, 2.05) is 25.1 Å². The molecule has 2 aromatic rings. The third-order valence-corrected chi connectivity index (χ3v) is 2.99. The van der Waals surface area contributed by atoms with Gasteiger partial charge in [-0.15, -0.1) is 0 Å². The lowest BCUT2D eigenvalue weighted by Gasteiger charge is -2.10. The molecule has 0 heterocycles. The molecule has 5 heteroatoms. The lowest BCUT2D eigenvalue weighted by Crippen LogP contribution is -2.03. The summed E-state index contributed by atoms with van der Waals surface area (Å²) in [5.41, 5.74) is 0.651. The van der Waals surface area contributed by atoms with Crippen molar-refractivity contribution >= 4 is 5.69 Å². The van der Waals surface area contributed by atoms with E-state index in [0.717, 1.165) is 18.1 Å². The molecule has 2 aromatic carbocycles. The highest BCUT2D eigenvalue weighted by atomic mass is 19.1. The quantitative estimate of drug-likeness (QED) is 0.614. The highest BCUT2D eigenvalue weighted by Crippen LogP contribution is 2.23. The van der Waals surface area contributed by atoms with E-state index in [1.54, 1.807) is 6.07 Å². The Bertz CT molecular complexity index is 628. The summed E-state index contributed by atoms with van der Waals surface area (Å²) in [4.78, 5) is 9.94. The number of benzene rings is 2. The molecule has 2 rings (SSSR count). The Morgan fingerprint density at radius 3 is 2.55 bits per heavy atom. The van der Waals surface area contributed by atoms with Crippen LogP contribution in [0.15, 0.2) is 42.5 Å². The molecule has 0 saturated carbocycles. The fraction of sp³-hybridized carbons (Fsp3) is 0.200. The van der Waals surface area contributed by atoms with Crippen LogP contribution in [0.1, 0.15) is 18.1 Å². The molecular weight excluding hydrogens is 261 g/mol. The first kappa shape index (κ1) is 14.0. The minimum absolute atomic E-state index is 0.0372. The van der Waals surface area contributed by atoms with E-state index in [2.05, 4.69) is 0 Å². The van der Waals surface area contributed by atoms with Crippen LogP contribution in [0.3, 0.4) is 0 Å². The second-order valence-corrected chi connectivity index (χ2v) is 4.26. The van der Waals surface area contributed by atoms with Crippen LogP contribution in [-0.4, -0.2) is 4.92 Å². The topological polar surface area (TPSA) is 52.4 Å². The molecule has 4 nitrogen and oxygen atoms in total. The molecule has 0 spiro atoms. The van der Waals surface area contributed by atoms with Gasteiger partial charge >= 0.3 is 5.69 Å². The molecule has 20 heavy (non-hydrogen) atoms. The Kier molecular flexibility index (Phi) is 4.30. The van der Waals surface area contributed by atoms with E-state index in [1.165, 1.54) is 12.1 Å². The van der Waals surface area contributed by atoms with Gasteiger partial charge in [0.2, 0.25) is 5.82 Å². The normalized spacial score (nSPS) is 10.3. The van der Waals surface area contributed by atoms with Gasteiger partial charge in [-0.05, 0) is 18.1 Å². The van der Waals surface area contributed by atoms with Gasteiger partial charge in [-0.25, -0.2) is 0 Å². The Hall–Kier alpha value is -2.43. The van der Waals surface area contributed by atoms with Crippen molar-refractivity contribution in [1.29, 1.82) is 0 Å². The first-order valence-electron chi connectivity index (χ1n) is 6.26. The highest BCUT2D eigenvalue weighted by molar-refractivity contribution is 5.37. The number of halogens is 1. The van der Waals surface area contributed by atoms with Crippen LogP contribution >= 0.6 is 0 Å². The van der Waals surface area contributed by atoms with E-state index in [-0.39, 0.29) is 12.2 Å². The molecule has 0 aliphatic heterocycles. The molecule has 0 aromatic heterocycles. The zero-order chi connectivity index (χ0) is 14.5. The van der Waals surface area contributed by atoms with Gasteiger partial charge in [0.25, 0.3) is 0 Å². The van der Waals surface area contributed by atoms with E-state index in [0.29, 0.717) is 5.75 Å². The van der Waals surface area contributed by atoms with E-state index < -0.39 is 16.4 Å². The molecule has 0 amide bonds. The minimum Gasteiger partial charge on any atom is -0.489 e. The van der Waals surface area contributed by atoms with E-state index >= 15 is 0 Å². The van der Waals surface area contributed by atoms with Crippen LogP contribution in [0.5, 0.6) is 5.75 Å². The molecule has 104 valence electrons. The maximum Gasteiger partial charge on any atom is 0.305 e. The van der Waals surface area contributed by atoms with Crippen molar-refractivity contribution in [2.75, 3.05) is 0 Å². The molecule has 0 atom stereocenters. The molecule has 0 N–H and O–H groups in total. The first-order valence-corrected chi connectivity index (χ1v) is 6.26. The van der Waals surface area contributed by atoms with Gasteiger partial charge in [-0.2, -0.15) is 4.39 Å². The maximum absolute atomic E-state index is 13.9. The number of ether oxygens (including phenoxy) is 1. The Morgan fingerprint density at radius 1 is 1.15 bits per heavy atom. The number of nitro benzene ring substituents is 1. The Morgan fingerprint density at radius 2 is 1.85 bits per heavy atom. The summed E-state index contributed by atoms with van der Waals surface area (Å²) in [6.45, 7) is 1.96. The average Bonchev–Trinajstić information content (AvgIpc) is 2.46. The van der Waals surface area contributed by atoms with E-state index in [9.17, 15) is 14.5 Å². The van der Waals surface area contributed by atoms with Crippen LogP contribution in [0.4, 0.5) is 10.1 Å². The van der Waals surface area contributed by atoms with Crippen molar-refractivity contribution in [2.45, 2.75) is 20.0 Å². The number of hydrogen-bond donors (Lipinski definition) is 0. The van der Waals surface area contributed by atoms with Crippen molar-refractivity contribution in [1.82, 2.24) is 0 Å². The van der Waals surface area contributed by atoms with Gasteiger partial charge in [0.15, 0.2) is 0 Å². The Balaban J connectivity index is 2.19. The zero-order valence-electron chi connectivity index (χ0n) is 11.0. The fourth-order valence-corrected chi connectivity index (χ4v) is 1.91. The summed E-state index contributed by atoms with van der Waals surface area (Å²) in [5, 5.41) is 10.7. The highest BCUT2D eigenvalue weighted by Gasteiger charge is 2.17. The largest absolute Gasteiger partial charge is 0.489 e. The summed E-state index contributed by atoms with van der Waals surface area (Å²) in [6.07, 6.45) is 0.799. The molecule has 0 aliphatic rings. The number of nitro groups is 1. The van der Waals surface area contributed by atoms with Crippen LogP contribution in [0, 0.1) is 15.9 Å². The van der Waals surface area contributed by atoms with Gasteiger partial charge in [-0.3, -0.25) is 10.1 Å². The van der Waals surface area contributed by atoms with Crippen molar-refractivity contribution < 1.29 is 14.1 Å². The van der Waals surface area contributed by atoms with Crippen LogP contribution in [0.2, 0.25) is 0 Å². The van der Waals surface area contributed by atoms with Gasteiger partial charge in [0, 0.05) is 11.6 Å². The second kappa shape index (κ2) is 6.14. The van der Waals surface area contributed by atoms with Gasteiger partial charge < -0.3 is 4.74 Å². The minimum atomic E-state index is -0.841. The predicted octanol–water partition coefficient (Wildman–Crippen LogP) is 3.88. The van der Waals surface area contributed by atoms with Crippen LogP contribution in [0.25, 0.3) is 0 Å². The number of nitrogens with zero attached hydrogens (tertiary/aromatic N) is 1. The number of rotatable bonds is 5. The lowest BCUT2D eigenvalue weighted by atomic mass is 10.1. The van der Waals surface area contributed by atoms with Crippen molar-refractivity contribution in [2.24, 2.45) is 0 Å². The zero-order valence-corrected chi connectivity index (χ0v) is 11.0. The summed E-state index contributed by atoms with van der Waals surface area (Å²) < 4.78 is 19.5. The van der Waals surface area contributed by atoms with Gasteiger partial charge in [0.1, 0.15) is 12.4 Å². The fourth-order valence-electron chi connectivity index (χ4n) is 1.91. The van der Waals surface area contributed by atoms with E-state index in [4.69, 9.17) is 4.74 Å². The molecule has 0 fully saturated rings. The molecule has 0 saturated heterocycles. The predicted molar refractivity (Wildman–Crippen MR) is 73.2 cm³/mol. The third-order valence-electron chi connectivity index (χ3n) is 2.99.